The zero-order valence-corrected chi connectivity index (χ0v) is 12.9. The van der Waals surface area contributed by atoms with Crippen molar-refractivity contribution in [2.45, 2.75) is 23.7 Å². The number of thioether (sulfide) groups is 1. The van der Waals surface area contributed by atoms with Crippen molar-refractivity contribution < 1.29 is 24.4 Å². The van der Waals surface area contributed by atoms with Crippen LogP contribution in [0.4, 0.5) is 4.39 Å². The molecule has 0 amide bonds. The third-order valence-electron chi connectivity index (χ3n) is 3.57. The van der Waals surface area contributed by atoms with E-state index in [1.54, 1.807) is 24.3 Å². The van der Waals surface area contributed by atoms with E-state index in [1.807, 2.05) is 0 Å². The van der Waals surface area contributed by atoms with Gasteiger partial charge in [0.2, 0.25) is 0 Å². The van der Waals surface area contributed by atoms with Crippen LogP contribution >= 0.6 is 11.8 Å². The number of nitrogens with zero attached hydrogens (tertiary/aromatic N) is 1. The molecule has 0 bridgehead atoms. The lowest BCUT2D eigenvalue weighted by molar-refractivity contribution is -0.0786. The van der Waals surface area contributed by atoms with Crippen molar-refractivity contribution in [2.24, 2.45) is 0 Å². The summed E-state index contributed by atoms with van der Waals surface area (Å²) in [5.74, 6) is 0.250. The van der Waals surface area contributed by atoms with Gasteiger partial charge < -0.3 is 20.1 Å². The summed E-state index contributed by atoms with van der Waals surface area (Å²) in [5, 5.41) is 29.2. The van der Waals surface area contributed by atoms with Crippen LogP contribution in [0.5, 0.6) is 5.75 Å². The van der Waals surface area contributed by atoms with Crippen molar-refractivity contribution in [3.05, 3.63) is 48.4 Å². The zero-order chi connectivity index (χ0) is 16.4. The molecule has 3 N–H and O–H groups in total. The van der Waals surface area contributed by atoms with E-state index >= 15 is 0 Å². The fourth-order valence-corrected chi connectivity index (χ4v) is 3.45. The quantitative estimate of drug-likeness (QED) is 0.786. The Hall–Kier alpha value is -1.67. The average Bonchev–Trinajstić information content (AvgIpc) is 2.56. The Morgan fingerprint density at radius 1 is 1.13 bits per heavy atom. The van der Waals surface area contributed by atoms with Gasteiger partial charge in [0.15, 0.2) is 5.44 Å². The van der Waals surface area contributed by atoms with E-state index in [9.17, 15) is 19.7 Å². The van der Waals surface area contributed by atoms with Gasteiger partial charge in [-0.25, -0.2) is 4.39 Å². The van der Waals surface area contributed by atoms with E-state index in [0.717, 1.165) is 0 Å². The Kier molecular flexibility index (Phi) is 4.82. The first-order chi connectivity index (χ1) is 11.1. The minimum absolute atomic E-state index is 0.213. The van der Waals surface area contributed by atoms with E-state index in [-0.39, 0.29) is 11.4 Å². The molecule has 3 rings (SSSR count). The number of aliphatic hydroxyl groups excluding tert-OH is 3. The van der Waals surface area contributed by atoms with Gasteiger partial charge >= 0.3 is 0 Å². The van der Waals surface area contributed by atoms with Crippen molar-refractivity contribution in [1.82, 2.24) is 4.98 Å². The lowest BCUT2D eigenvalue weighted by Crippen LogP contribution is -2.50. The molecule has 0 spiro atoms. The first-order valence-electron chi connectivity index (χ1n) is 7.09. The molecule has 2 heterocycles. The molecule has 1 aliphatic heterocycles. The van der Waals surface area contributed by atoms with Crippen LogP contribution < -0.4 is 4.74 Å². The minimum atomic E-state index is -1.25. The molecule has 0 radical (unpaired) electrons. The van der Waals surface area contributed by atoms with Gasteiger partial charge in [-0.1, -0.05) is 12.1 Å². The third kappa shape index (κ3) is 3.48. The number of hydrogen-bond donors (Lipinski definition) is 3. The van der Waals surface area contributed by atoms with Crippen molar-refractivity contribution in [3.63, 3.8) is 0 Å². The van der Waals surface area contributed by atoms with E-state index in [1.165, 1.54) is 30.1 Å². The molecule has 0 unspecified atom stereocenters. The van der Waals surface area contributed by atoms with E-state index in [4.69, 9.17) is 4.74 Å². The summed E-state index contributed by atoms with van der Waals surface area (Å²) >= 11 is 1.21. The number of halogens is 1. The molecular weight excluding hydrogens is 321 g/mol. The molecule has 0 aliphatic carbocycles. The van der Waals surface area contributed by atoms with E-state index in [2.05, 4.69) is 4.98 Å². The number of aliphatic hydroxyl groups is 3. The first kappa shape index (κ1) is 16.2. The predicted molar refractivity (Wildman–Crippen MR) is 84.5 cm³/mol. The molecule has 122 valence electrons. The molecule has 1 aliphatic rings. The van der Waals surface area contributed by atoms with Crippen molar-refractivity contribution in [3.8, 4) is 17.0 Å². The molecule has 0 saturated carbocycles. The molecule has 4 atom stereocenters. The summed E-state index contributed by atoms with van der Waals surface area (Å²) in [6.07, 6.45) is -1.94. The summed E-state index contributed by atoms with van der Waals surface area (Å²) < 4.78 is 19.5. The van der Waals surface area contributed by atoms with E-state index in [0.29, 0.717) is 11.3 Å². The van der Waals surface area contributed by atoms with Crippen molar-refractivity contribution >= 4 is 11.8 Å². The normalized spacial score (nSPS) is 27.7. The molecule has 1 aromatic carbocycles. The number of aromatic nitrogens is 1. The van der Waals surface area contributed by atoms with Gasteiger partial charge in [0.25, 0.3) is 0 Å². The van der Waals surface area contributed by atoms with Crippen LogP contribution in [0.25, 0.3) is 11.3 Å². The summed E-state index contributed by atoms with van der Waals surface area (Å²) in [7, 11) is 0. The van der Waals surface area contributed by atoms with Gasteiger partial charge in [-0.05, 0) is 24.3 Å². The zero-order valence-electron chi connectivity index (χ0n) is 12.0. The number of ether oxygens (including phenoxy) is 1. The number of benzene rings is 1. The highest BCUT2D eigenvalue weighted by atomic mass is 32.2. The second-order valence-electron chi connectivity index (χ2n) is 5.23. The highest BCUT2D eigenvalue weighted by molar-refractivity contribution is 7.99. The topological polar surface area (TPSA) is 82.8 Å². The highest BCUT2D eigenvalue weighted by Crippen LogP contribution is 2.31. The van der Waals surface area contributed by atoms with Crippen LogP contribution in [-0.2, 0) is 0 Å². The molecule has 5 nitrogen and oxygen atoms in total. The second kappa shape index (κ2) is 6.84. The molecular formula is C16H16FNO4S. The summed E-state index contributed by atoms with van der Waals surface area (Å²) in [4.78, 5) is 4.02. The van der Waals surface area contributed by atoms with Crippen molar-refractivity contribution in [2.75, 3.05) is 5.75 Å². The molecule has 7 heteroatoms. The fourth-order valence-electron chi connectivity index (χ4n) is 2.33. The standard InChI is InChI=1S/C16H16FNO4S/c17-11-5-2-6-18-13(11)9-3-1-4-10(7-9)22-16-15(21)14(20)12(19)8-23-16/h1-7,12,14-16,19-21H,8H2/t12-,14+,15-,16-/m1/s1. The minimum Gasteiger partial charge on any atom is -0.477 e. The summed E-state index contributed by atoms with van der Waals surface area (Å²) in [6.45, 7) is 0. The average molecular weight is 337 g/mol. The van der Waals surface area contributed by atoms with Gasteiger partial charge in [-0.2, -0.15) is 0 Å². The SMILES string of the molecule is O[C@@H]1[C@@H](O)[C@H](Oc2cccc(-c3ncccc3F)c2)SC[C@H]1O. The van der Waals surface area contributed by atoms with Gasteiger partial charge in [-0.15, -0.1) is 11.8 Å². The van der Waals surface area contributed by atoms with Crippen LogP contribution in [0.1, 0.15) is 0 Å². The number of rotatable bonds is 3. The first-order valence-corrected chi connectivity index (χ1v) is 8.14. The highest BCUT2D eigenvalue weighted by Gasteiger charge is 2.38. The smallest absolute Gasteiger partial charge is 0.173 e. The van der Waals surface area contributed by atoms with Crippen LogP contribution in [0, 0.1) is 5.82 Å². The largest absolute Gasteiger partial charge is 0.477 e. The van der Waals surface area contributed by atoms with Crippen LogP contribution in [-0.4, -0.2) is 49.8 Å². The van der Waals surface area contributed by atoms with Crippen LogP contribution in [0.3, 0.4) is 0 Å². The van der Waals surface area contributed by atoms with E-state index < -0.39 is 29.6 Å². The predicted octanol–water partition coefficient (Wildman–Crippen LogP) is 1.42. The maximum atomic E-state index is 13.8. The monoisotopic (exact) mass is 337 g/mol. The number of hydrogen-bond acceptors (Lipinski definition) is 6. The maximum absolute atomic E-state index is 13.8. The lowest BCUT2D eigenvalue weighted by Gasteiger charge is -2.34. The Balaban J connectivity index is 1.80. The molecule has 2 aromatic rings. The summed E-state index contributed by atoms with van der Waals surface area (Å²) in [5.41, 5.74) is 0.0546. The maximum Gasteiger partial charge on any atom is 0.173 e. The molecule has 1 saturated heterocycles. The lowest BCUT2D eigenvalue weighted by atomic mass is 10.1. The van der Waals surface area contributed by atoms with Crippen LogP contribution in [0.15, 0.2) is 42.6 Å². The van der Waals surface area contributed by atoms with Crippen molar-refractivity contribution in [1.29, 1.82) is 0 Å². The molecule has 1 fully saturated rings. The summed E-state index contributed by atoms with van der Waals surface area (Å²) in [6, 6.07) is 9.55. The fraction of sp³-hybridized carbons (Fsp3) is 0.312. The van der Waals surface area contributed by atoms with Gasteiger partial charge in [0.05, 0.1) is 6.10 Å². The Labute approximate surface area is 136 Å². The molecule has 1 aromatic heterocycles. The van der Waals surface area contributed by atoms with Crippen LogP contribution in [0.2, 0.25) is 0 Å². The van der Waals surface area contributed by atoms with Gasteiger partial charge in [0, 0.05) is 17.5 Å². The third-order valence-corrected chi connectivity index (χ3v) is 4.81. The Morgan fingerprint density at radius 3 is 2.74 bits per heavy atom. The Bertz CT molecular complexity index is 687. The number of pyridine rings is 1. The molecule has 23 heavy (non-hydrogen) atoms. The second-order valence-corrected chi connectivity index (χ2v) is 6.36. The van der Waals surface area contributed by atoms with Gasteiger partial charge in [-0.3, -0.25) is 4.98 Å². The Morgan fingerprint density at radius 2 is 1.96 bits per heavy atom. The van der Waals surface area contributed by atoms with Gasteiger partial charge in [0.1, 0.15) is 29.5 Å².